The molecule has 0 N–H and O–H groups in total. The maximum absolute atomic E-state index is 15.3. The Morgan fingerprint density at radius 1 is 0.421 bits per heavy atom. The van der Waals surface area contributed by atoms with E-state index in [9.17, 15) is 0 Å². The number of hydrogen-bond acceptors (Lipinski definition) is 3. The Balaban J connectivity index is 1.11. The average Bonchev–Trinajstić information content (AvgIpc) is 3.29. The zero-order valence-corrected chi connectivity index (χ0v) is 32.1. The van der Waals surface area contributed by atoms with E-state index in [1.165, 1.54) is 27.6 Å². The van der Waals surface area contributed by atoms with Crippen LogP contribution in [0.3, 0.4) is 0 Å². The highest BCUT2D eigenvalue weighted by Gasteiger charge is 2.35. The van der Waals surface area contributed by atoms with Gasteiger partial charge in [0, 0.05) is 27.3 Å². The topological polar surface area (TPSA) is 23.6 Å². The zero-order valence-electron chi connectivity index (χ0n) is 31.2. The van der Waals surface area contributed by atoms with Crippen molar-refractivity contribution >= 4 is 84.8 Å². The molecule has 11 rings (SSSR count). The van der Waals surface area contributed by atoms with Gasteiger partial charge in [0.2, 0.25) is 0 Å². The largest absolute Gasteiger partial charge is 0.309 e. The zero-order chi connectivity index (χ0) is 37.9. The van der Waals surface area contributed by atoms with Crippen LogP contribution in [0.2, 0.25) is 0 Å². The van der Waals surface area contributed by atoms with Gasteiger partial charge in [-0.2, -0.15) is 0 Å². The molecule has 270 valence electrons. The van der Waals surface area contributed by atoms with E-state index in [1.807, 2.05) is 66.7 Å². The standard InChI is InChI=1S/C53H37N2OP/c56-57(45-22-9-3-10-23-45,46-24-11-4-12-25-46)47-31-29-37-27-28-39(33-42(37)34-47)40-30-32-49-50(35-40)54(43-18-5-1-6-19-43)51-36-41-17-13-15-38-16-14-26-48(52(38)41)53(51)55(49)44-20-7-2-8-21-44/h1-25,27-36H,26H2. The third-order valence-electron chi connectivity index (χ3n) is 11.6. The lowest BCUT2D eigenvalue weighted by molar-refractivity contribution is 0.592. The molecule has 0 bridgehead atoms. The molecule has 57 heavy (non-hydrogen) atoms. The second kappa shape index (κ2) is 13.4. The molecule has 0 saturated carbocycles. The molecule has 0 spiro atoms. The minimum Gasteiger partial charge on any atom is -0.309 e. The molecule has 0 radical (unpaired) electrons. The molecular formula is C53H37N2OP. The van der Waals surface area contributed by atoms with Crippen molar-refractivity contribution in [2.45, 2.75) is 6.42 Å². The number of anilines is 6. The van der Waals surface area contributed by atoms with Crippen LogP contribution in [-0.4, -0.2) is 0 Å². The molecule has 2 aliphatic rings. The second-order valence-corrected chi connectivity index (χ2v) is 17.6. The third-order valence-corrected chi connectivity index (χ3v) is 14.6. The smallest absolute Gasteiger partial charge is 0.171 e. The first-order valence-corrected chi connectivity index (χ1v) is 21.2. The Labute approximate surface area is 332 Å². The van der Waals surface area contributed by atoms with Crippen molar-refractivity contribution in [3.63, 3.8) is 0 Å². The van der Waals surface area contributed by atoms with E-state index < -0.39 is 7.14 Å². The van der Waals surface area contributed by atoms with Gasteiger partial charge in [-0.05, 0) is 105 Å². The molecule has 0 fully saturated rings. The molecule has 0 amide bonds. The van der Waals surface area contributed by atoms with Gasteiger partial charge in [0.1, 0.15) is 0 Å². The molecule has 0 atom stereocenters. The van der Waals surface area contributed by atoms with Crippen LogP contribution in [0.5, 0.6) is 0 Å². The average molecular weight is 749 g/mol. The third kappa shape index (κ3) is 5.39. The Bertz CT molecular complexity index is 3030. The van der Waals surface area contributed by atoms with E-state index >= 15 is 4.57 Å². The summed E-state index contributed by atoms with van der Waals surface area (Å²) in [4.78, 5) is 4.92. The summed E-state index contributed by atoms with van der Waals surface area (Å²) in [5.41, 5.74) is 11.7. The number of para-hydroxylation sites is 2. The van der Waals surface area contributed by atoms with Crippen molar-refractivity contribution in [2.24, 2.45) is 0 Å². The first kappa shape index (κ1) is 33.4. The van der Waals surface area contributed by atoms with Gasteiger partial charge < -0.3 is 14.4 Å². The maximum Gasteiger partial charge on any atom is 0.171 e. The monoisotopic (exact) mass is 748 g/mol. The lowest BCUT2D eigenvalue weighted by Gasteiger charge is -2.42. The van der Waals surface area contributed by atoms with Gasteiger partial charge in [-0.15, -0.1) is 0 Å². The van der Waals surface area contributed by atoms with Gasteiger partial charge in [-0.1, -0.05) is 158 Å². The molecule has 0 saturated heterocycles. The van der Waals surface area contributed by atoms with Gasteiger partial charge in [0.15, 0.2) is 7.14 Å². The number of allylic oxidation sites excluding steroid dienone is 1. The van der Waals surface area contributed by atoms with Crippen molar-refractivity contribution in [1.29, 1.82) is 0 Å². The second-order valence-electron chi connectivity index (χ2n) is 14.8. The summed E-state index contributed by atoms with van der Waals surface area (Å²) in [6.07, 6.45) is 5.42. The van der Waals surface area contributed by atoms with Crippen LogP contribution in [0.25, 0.3) is 38.7 Å². The highest BCUT2D eigenvalue weighted by atomic mass is 31.2. The van der Waals surface area contributed by atoms with E-state index in [-0.39, 0.29) is 0 Å². The Morgan fingerprint density at radius 3 is 1.74 bits per heavy atom. The highest BCUT2D eigenvalue weighted by molar-refractivity contribution is 7.85. The molecule has 4 heteroatoms. The molecule has 1 heterocycles. The number of hydrogen-bond donors (Lipinski definition) is 0. The SMILES string of the molecule is O=P(c1ccccc1)(c1ccccc1)c1ccc2ccc(-c3ccc4c(c3)N(c3ccccc3)c3cc5cccc6c5c(c3N4c3ccccc3)CC=C6)cc2c1. The van der Waals surface area contributed by atoms with E-state index in [0.29, 0.717) is 0 Å². The summed E-state index contributed by atoms with van der Waals surface area (Å²) in [5.74, 6) is 0. The Morgan fingerprint density at radius 2 is 1.04 bits per heavy atom. The lowest BCUT2D eigenvalue weighted by Crippen LogP contribution is -2.25. The van der Waals surface area contributed by atoms with Gasteiger partial charge >= 0.3 is 0 Å². The minimum atomic E-state index is -3.13. The summed E-state index contributed by atoms with van der Waals surface area (Å²) in [6.45, 7) is 0. The summed E-state index contributed by atoms with van der Waals surface area (Å²) < 4.78 is 15.3. The van der Waals surface area contributed by atoms with Crippen LogP contribution >= 0.6 is 7.14 Å². The van der Waals surface area contributed by atoms with Crippen molar-refractivity contribution in [1.82, 2.24) is 0 Å². The van der Waals surface area contributed by atoms with Crippen molar-refractivity contribution in [3.8, 4) is 11.1 Å². The fourth-order valence-electron chi connectivity index (χ4n) is 8.96. The van der Waals surface area contributed by atoms with E-state index in [0.717, 1.165) is 72.7 Å². The number of benzene rings is 9. The molecule has 0 unspecified atom stereocenters. The van der Waals surface area contributed by atoms with Crippen LogP contribution in [0, 0.1) is 0 Å². The molecule has 0 aromatic heterocycles. The van der Waals surface area contributed by atoms with Crippen LogP contribution in [0.15, 0.2) is 206 Å². The van der Waals surface area contributed by atoms with E-state index in [4.69, 9.17) is 0 Å². The Hall–Kier alpha value is -6.93. The quantitative estimate of drug-likeness (QED) is 0.158. The van der Waals surface area contributed by atoms with Gasteiger partial charge in [-0.25, -0.2) is 0 Å². The number of nitrogens with zero attached hydrogens (tertiary/aromatic N) is 2. The van der Waals surface area contributed by atoms with E-state index in [2.05, 4.69) is 155 Å². The van der Waals surface area contributed by atoms with Gasteiger partial charge in [-0.3, -0.25) is 0 Å². The fourth-order valence-corrected chi connectivity index (χ4v) is 11.6. The Kier molecular flexibility index (Phi) is 7.84. The van der Waals surface area contributed by atoms with Crippen LogP contribution in [-0.2, 0) is 11.0 Å². The summed E-state index contributed by atoms with van der Waals surface area (Å²) in [6, 6.07) is 70.2. The lowest BCUT2D eigenvalue weighted by atomic mass is 9.88. The first-order chi connectivity index (χ1) is 28.1. The molecule has 9 aromatic carbocycles. The normalized spacial score (nSPS) is 13.1. The van der Waals surface area contributed by atoms with Crippen LogP contribution in [0.1, 0.15) is 11.1 Å². The van der Waals surface area contributed by atoms with E-state index in [1.54, 1.807) is 0 Å². The summed E-state index contributed by atoms with van der Waals surface area (Å²) in [5, 5.41) is 7.23. The van der Waals surface area contributed by atoms with Crippen molar-refractivity contribution < 1.29 is 4.57 Å². The molecular weight excluding hydrogens is 712 g/mol. The maximum atomic E-state index is 15.3. The predicted molar refractivity (Wildman–Crippen MR) is 242 cm³/mol. The molecule has 1 aliphatic carbocycles. The minimum absolute atomic E-state index is 0.828. The molecule has 3 nitrogen and oxygen atoms in total. The van der Waals surface area contributed by atoms with Crippen molar-refractivity contribution in [3.05, 3.63) is 217 Å². The highest BCUT2D eigenvalue weighted by Crippen LogP contribution is 2.58. The molecule has 1 aliphatic heterocycles. The molecule has 9 aromatic rings. The van der Waals surface area contributed by atoms with Gasteiger partial charge in [0.05, 0.1) is 22.7 Å². The summed E-state index contributed by atoms with van der Waals surface area (Å²) >= 11 is 0. The number of rotatable bonds is 6. The van der Waals surface area contributed by atoms with Gasteiger partial charge in [0.25, 0.3) is 0 Å². The predicted octanol–water partition coefficient (Wildman–Crippen LogP) is 13.1. The van der Waals surface area contributed by atoms with Crippen LogP contribution < -0.4 is 25.7 Å². The fraction of sp³-hybridized carbons (Fsp3) is 0.0189. The van der Waals surface area contributed by atoms with Crippen LogP contribution in [0.4, 0.5) is 34.1 Å². The summed E-state index contributed by atoms with van der Waals surface area (Å²) in [7, 11) is -3.13. The number of fused-ring (bicyclic) bond motifs is 4. The first-order valence-electron chi connectivity index (χ1n) is 19.5. The van der Waals surface area contributed by atoms with Crippen molar-refractivity contribution in [2.75, 3.05) is 9.80 Å².